The molecule has 2 aliphatic rings. The lowest BCUT2D eigenvalue weighted by Crippen LogP contribution is -2.50. The van der Waals surface area contributed by atoms with Gasteiger partial charge >= 0.3 is 6.09 Å². The summed E-state index contributed by atoms with van der Waals surface area (Å²) in [5.41, 5.74) is -1.61. The summed E-state index contributed by atoms with van der Waals surface area (Å²) in [5.74, 6) is -2.76. The molecule has 1 saturated heterocycles. The van der Waals surface area contributed by atoms with Gasteiger partial charge < -0.3 is 25.7 Å². The zero-order valence-electron chi connectivity index (χ0n) is 24.4. The van der Waals surface area contributed by atoms with Gasteiger partial charge in [-0.2, -0.15) is 0 Å². The first-order valence-electron chi connectivity index (χ1n) is 14.9. The average molecular weight is 590 g/mol. The van der Waals surface area contributed by atoms with Gasteiger partial charge in [0.2, 0.25) is 5.91 Å². The number of amides is 2. The Labute approximate surface area is 245 Å². The summed E-state index contributed by atoms with van der Waals surface area (Å²) in [4.78, 5) is 26.4. The molecule has 0 unspecified atom stereocenters. The monoisotopic (exact) mass is 589 g/mol. The summed E-state index contributed by atoms with van der Waals surface area (Å²) >= 11 is 0. The lowest BCUT2D eigenvalue weighted by molar-refractivity contribution is -0.142. The molecule has 0 radical (unpaired) electrons. The van der Waals surface area contributed by atoms with Gasteiger partial charge in [-0.3, -0.25) is 4.79 Å². The zero-order valence-corrected chi connectivity index (χ0v) is 24.4. The van der Waals surface area contributed by atoms with E-state index in [2.05, 4.69) is 10.6 Å². The molecule has 7 nitrogen and oxygen atoms in total. The number of nitrogens with one attached hydrogen (secondary N) is 2. The highest BCUT2D eigenvalue weighted by Crippen LogP contribution is 2.45. The van der Waals surface area contributed by atoms with E-state index in [4.69, 9.17) is 5.11 Å². The van der Waals surface area contributed by atoms with Crippen molar-refractivity contribution in [3.63, 3.8) is 0 Å². The van der Waals surface area contributed by atoms with Crippen molar-refractivity contribution >= 4 is 12.0 Å². The Morgan fingerprint density at radius 3 is 2.48 bits per heavy atom. The maximum Gasteiger partial charge on any atom is 0.404 e. The molecule has 1 aliphatic heterocycles. The van der Waals surface area contributed by atoms with Gasteiger partial charge in [0.1, 0.15) is 17.5 Å². The molecule has 42 heavy (non-hydrogen) atoms. The minimum absolute atomic E-state index is 0.00873. The van der Waals surface area contributed by atoms with E-state index in [-0.39, 0.29) is 54.4 Å². The van der Waals surface area contributed by atoms with Crippen LogP contribution in [0.3, 0.4) is 0 Å². The van der Waals surface area contributed by atoms with E-state index in [0.717, 1.165) is 38.3 Å². The number of rotatable bonds is 10. The quantitative estimate of drug-likeness (QED) is 0.271. The van der Waals surface area contributed by atoms with Crippen LogP contribution >= 0.6 is 0 Å². The van der Waals surface area contributed by atoms with Crippen molar-refractivity contribution in [2.75, 3.05) is 33.2 Å². The number of hydrogen-bond donors (Lipinski definition) is 4. The van der Waals surface area contributed by atoms with Gasteiger partial charge in [0, 0.05) is 48.7 Å². The molecule has 0 aromatic heterocycles. The Balaban J connectivity index is 1.69. The van der Waals surface area contributed by atoms with Crippen LogP contribution in [0.4, 0.5) is 18.0 Å². The second kappa shape index (κ2) is 13.9. The van der Waals surface area contributed by atoms with Crippen LogP contribution in [0.2, 0.25) is 0 Å². The first-order valence-corrected chi connectivity index (χ1v) is 14.9. The third-order valence-electron chi connectivity index (χ3n) is 9.02. The lowest BCUT2D eigenvalue weighted by atomic mass is 9.71. The number of halogens is 3. The number of nitrogens with zero attached hydrogens (tertiary/aromatic N) is 1. The molecule has 10 heteroatoms. The predicted molar refractivity (Wildman–Crippen MR) is 154 cm³/mol. The van der Waals surface area contributed by atoms with Crippen LogP contribution in [0.15, 0.2) is 30.3 Å². The Morgan fingerprint density at radius 1 is 1.05 bits per heavy atom. The van der Waals surface area contributed by atoms with E-state index in [0.29, 0.717) is 36.9 Å². The Kier molecular flexibility index (Phi) is 10.5. The third-order valence-corrected chi connectivity index (χ3v) is 9.02. The van der Waals surface area contributed by atoms with Gasteiger partial charge in [-0.05, 0) is 102 Å². The number of hydrogen-bond acceptors (Lipinski definition) is 4. The van der Waals surface area contributed by atoms with Crippen molar-refractivity contribution in [3.8, 4) is 11.1 Å². The van der Waals surface area contributed by atoms with Gasteiger partial charge in [-0.25, -0.2) is 18.0 Å². The highest BCUT2D eigenvalue weighted by atomic mass is 19.1. The van der Waals surface area contributed by atoms with E-state index in [1.165, 1.54) is 12.1 Å². The molecule has 1 saturated carbocycles. The molecule has 4 N–H and O–H groups in total. The standard InChI is InChI=1S/C32H42F3N3O4/c1-20-6-11-27(34)25(15-20)29-26(16-24(33)17-28(29)35)32(42,12-4-13-37-31(40)41)23-5-3-14-38(19-23)30(39)22-9-7-21(8-10-22)18-36-2/h6,11,15-17,21-23,36-37,42H,3-5,7-10,12-14,18-19H2,1-2H3,(H,40,41)/t21?,22?,23-,32+/m1/s1. The third kappa shape index (κ3) is 7.26. The second-order valence-electron chi connectivity index (χ2n) is 12.0. The first kappa shape index (κ1) is 31.8. The van der Waals surface area contributed by atoms with E-state index < -0.39 is 35.1 Å². The Morgan fingerprint density at radius 2 is 1.79 bits per heavy atom. The molecule has 4 rings (SSSR count). The highest BCUT2D eigenvalue weighted by molar-refractivity contribution is 5.79. The minimum Gasteiger partial charge on any atom is -0.465 e. The van der Waals surface area contributed by atoms with Crippen LogP contribution in [-0.2, 0) is 10.4 Å². The summed E-state index contributed by atoms with van der Waals surface area (Å²) in [7, 11) is 1.92. The zero-order chi connectivity index (χ0) is 30.4. The van der Waals surface area contributed by atoms with Gasteiger partial charge in [0.15, 0.2) is 0 Å². The van der Waals surface area contributed by atoms with Gasteiger partial charge in [-0.15, -0.1) is 0 Å². The summed E-state index contributed by atoms with van der Waals surface area (Å²) in [6, 6.07) is 5.94. The van der Waals surface area contributed by atoms with Gasteiger partial charge in [-0.1, -0.05) is 11.6 Å². The van der Waals surface area contributed by atoms with E-state index in [1.807, 2.05) is 7.05 Å². The molecule has 0 spiro atoms. The summed E-state index contributed by atoms with van der Waals surface area (Å²) in [5, 5.41) is 27.0. The van der Waals surface area contributed by atoms with Crippen molar-refractivity contribution in [2.24, 2.45) is 17.8 Å². The number of aliphatic hydroxyl groups is 1. The smallest absolute Gasteiger partial charge is 0.404 e. The molecule has 1 aliphatic carbocycles. The van der Waals surface area contributed by atoms with Crippen LogP contribution in [0.5, 0.6) is 0 Å². The van der Waals surface area contributed by atoms with Crippen LogP contribution in [0.1, 0.15) is 62.5 Å². The summed E-state index contributed by atoms with van der Waals surface area (Å²) in [6.45, 7) is 3.37. The molecule has 2 amide bonds. The van der Waals surface area contributed by atoms with E-state index >= 15 is 8.78 Å². The maximum atomic E-state index is 15.6. The number of benzene rings is 2. The fraction of sp³-hybridized carbons (Fsp3) is 0.562. The van der Waals surface area contributed by atoms with Crippen molar-refractivity contribution in [3.05, 3.63) is 58.9 Å². The second-order valence-corrected chi connectivity index (χ2v) is 12.0. The normalized spacial score (nSPS) is 22.4. The van der Waals surface area contributed by atoms with Gasteiger partial charge in [0.05, 0.1) is 5.60 Å². The Hall–Kier alpha value is -3.11. The average Bonchev–Trinajstić information content (AvgIpc) is 2.96. The van der Waals surface area contributed by atoms with E-state index in [9.17, 15) is 19.1 Å². The van der Waals surface area contributed by atoms with Crippen molar-refractivity contribution in [1.82, 2.24) is 15.5 Å². The molecular weight excluding hydrogens is 547 g/mol. The molecule has 2 aromatic carbocycles. The van der Waals surface area contributed by atoms with Crippen LogP contribution < -0.4 is 10.6 Å². The van der Waals surface area contributed by atoms with Crippen molar-refractivity contribution < 1.29 is 33.0 Å². The highest BCUT2D eigenvalue weighted by Gasteiger charge is 2.44. The molecule has 230 valence electrons. The largest absolute Gasteiger partial charge is 0.465 e. The first-order chi connectivity index (χ1) is 20.0. The SMILES string of the molecule is CNCC1CCC(C(=O)N2CCC[C@@H]([C@@](O)(CCCNC(=O)O)c3cc(F)cc(F)c3-c3cc(C)ccc3F)C2)CC1. The summed E-state index contributed by atoms with van der Waals surface area (Å²) in [6.07, 6.45) is 3.48. The van der Waals surface area contributed by atoms with E-state index in [1.54, 1.807) is 17.9 Å². The summed E-state index contributed by atoms with van der Waals surface area (Å²) < 4.78 is 45.5. The number of carboxylic acid groups (broad SMARTS) is 1. The minimum atomic E-state index is -1.86. The maximum absolute atomic E-state index is 15.6. The number of carbonyl (C=O) groups is 2. The van der Waals surface area contributed by atoms with Crippen LogP contribution in [0, 0.1) is 42.1 Å². The van der Waals surface area contributed by atoms with Crippen molar-refractivity contribution in [1.29, 1.82) is 0 Å². The predicted octanol–water partition coefficient (Wildman–Crippen LogP) is 5.58. The molecule has 2 aromatic rings. The Bertz CT molecular complexity index is 1270. The molecule has 2 fully saturated rings. The number of carbonyl (C=O) groups excluding carboxylic acids is 1. The number of aryl methyl sites for hydroxylation is 1. The molecular formula is C32H42F3N3O4. The fourth-order valence-electron chi connectivity index (χ4n) is 6.86. The fourth-order valence-corrected chi connectivity index (χ4v) is 6.86. The van der Waals surface area contributed by atoms with Crippen LogP contribution in [-0.4, -0.2) is 60.3 Å². The van der Waals surface area contributed by atoms with Gasteiger partial charge in [0.25, 0.3) is 0 Å². The topological polar surface area (TPSA) is 102 Å². The molecule has 1 heterocycles. The number of likely N-dealkylation sites (tertiary alicyclic amines) is 1. The van der Waals surface area contributed by atoms with Crippen LogP contribution in [0.25, 0.3) is 11.1 Å². The van der Waals surface area contributed by atoms with Crippen molar-refractivity contribution in [2.45, 2.75) is 63.9 Å². The molecule has 0 bridgehead atoms. The lowest BCUT2D eigenvalue weighted by Gasteiger charge is -2.44. The number of piperidine rings is 1. The molecule has 2 atom stereocenters.